The normalized spacial score (nSPS) is 10.5. The summed E-state index contributed by atoms with van der Waals surface area (Å²) in [5, 5.41) is 10.6. The van der Waals surface area contributed by atoms with E-state index in [1.165, 1.54) is 0 Å². The molecule has 23 heavy (non-hydrogen) atoms. The van der Waals surface area contributed by atoms with Gasteiger partial charge in [-0.1, -0.05) is 35.4 Å². The van der Waals surface area contributed by atoms with E-state index in [2.05, 4.69) is 15.5 Å². The van der Waals surface area contributed by atoms with Gasteiger partial charge < -0.3 is 4.42 Å². The number of benzene rings is 2. The quantitative estimate of drug-likeness (QED) is 0.734. The highest BCUT2D eigenvalue weighted by Crippen LogP contribution is 2.29. The first kappa shape index (κ1) is 15.3. The van der Waals surface area contributed by atoms with E-state index in [9.17, 15) is 4.79 Å². The topological polar surface area (TPSA) is 68.0 Å². The van der Waals surface area contributed by atoms with Crippen molar-refractivity contribution in [3.8, 4) is 11.5 Å². The number of aryl methyl sites for hydroxylation is 1. The summed E-state index contributed by atoms with van der Waals surface area (Å²) in [6, 6.07) is 15.2. The lowest BCUT2D eigenvalue weighted by atomic mass is 10.1. The van der Waals surface area contributed by atoms with Crippen molar-refractivity contribution in [2.45, 2.75) is 11.8 Å². The van der Waals surface area contributed by atoms with Crippen molar-refractivity contribution in [3.63, 3.8) is 0 Å². The second kappa shape index (κ2) is 6.66. The van der Waals surface area contributed by atoms with E-state index in [4.69, 9.17) is 4.42 Å². The molecule has 0 unspecified atom stereocenters. The van der Waals surface area contributed by atoms with Crippen molar-refractivity contribution in [2.75, 3.05) is 11.6 Å². The first-order valence-electron chi connectivity index (χ1n) is 7.03. The number of carbonyl (C=O) groups excluding carboxylic acids is 1. The van der Waals surface area contributed by atoms with Crippen molar-refractivity contribution in [2.24, 2.45) is 0 Å². The summed E-state index contributed by atoms with van der Waals surface area (Å²) < 4.78 is 5.58. The Morgan fingerprint density at radius 2 is 1.83 bits per heavy atom. The minimum atomic E-state index is -0.267. The molecule has 2 aromatic carbocycles. The highest BCUT2D eigenvalue weighted by Gasteiger charge is 2.15. The number of rotatable bonds is 4. The summed E-state index contributed by atoms with van der Waals surface area (Å²) in [5.41, 5.74) is 2.32. The van der Waals surface area contributed by atoms with Gasteiger partial charge in [0.05, 0.1) is 5.56 Å². The maximum atomic E-state index is 12.3. The molecule has 116 valence electrons. The SMILES string of the molecule is CSc1ccccc1-c1nnc(NC(=O)c2ccccc2C)o1. The third-order valence-corrected chi connectivity index (χ3v) is 4.17. The van der Waals surface area contributed by atoms with Crippen LogP contribution in [-0.4, -0.2) is 22.4 Å². The number of hydrogen-bond donors (Lipinski definition) is 1. The van der Waals surface area contributed by atoms with Gasteiger partial charge in [0.15, 0.2) is 0 Å². The van der Waals surface area contributed by atoms with Crippen molar-refractivity contribution in [1.29, 1.82) is 0 Å². The zero-order valence-electron chi connectivity index (χ0n) is 12.7. The lowest BCUT2D eigenvalue weighted by molar-refractivity contribution is 0.102. The molecule has 1 N–H and O–H groups in total. The van der Waals surface area contributed by atoms with Crippen LogP contribution in [0.1, 0.15) is 15.9 Å². The van der Waals surface area contributed by atoms with Gasteiger partial charge in [-0.3, -0.25) is 10.1 Å². The van der Waals surface area contributed by atoms with Crippen molar-refractivity contribution in [1.82, 2.24) is 10.2 Å². The Kier molecular flexibility index (Phi) is 4.43. The highest BCUT2D eigenvalue weighted by atomic mass is 32.2. The van der Waals surface area contributed by atoms with Gasteiger partial charge in [-0.15, -0.1) is 16.9 Å². The fourth-order valence-corrected chi connectivity index (χ4v) is 2.79. The van der Waals surface area contributed by atoms with Gasteiger partial charge in [0.2, 0.25) is 0 Å². The number of nitrogens with one attached hydrogen (secondary N) is 1. The predicted molar refractivity (Wildman–Crippen MR) is 90.6 cm³/mol. The molecule has 0 aliphatic rings. The fraction of sp³-hybridized carbons (Fsp3) is 0.118. The molecule has 0 saturated heterocycles. The largest absolute Gasteiger partial charge is 0.403 e. The maximum Gasteiger partial charge on any atom is 0.322 e. The van der Waals surface area contributed by atoms with Crippen LogP contribution in [0.2, 0.25) is 0 Å². The molecule has 0 saturated carbocycles. The molecule has 1 aromatic heterocycles. The fourth-order valence-electron chi connectivity index (χ4n) is 2.20. The molecular weight excluding hydrogens is 310 g/mol. The molecule has 0 radical (unpaired) electrons. The van der Waals surface area contributed by atoms with E-state index in [1.807, 2.05) is 55.6 Å². The molecule has 3 rings (SSSR count). The molecule has 0 bridgehead atoms. The van der Waals surface area contributed by atoms with Gasteiger partial charge in [0.1, 0.15) is 0 Å². The second-order valence-electron chi connectivity index (χ2n) is 4.88. The summed E-state index contributed by atoms with van der Waals surface area (Å²) in [7, 11) is 0. The first-order valence-corrected chi connectivity index (χ1v) is 8.25. The predicted octanol–water partition coefficient (Wildman–Crippen LogP) is 4.02. The summed E-state index contributed by atoms with van der Waals surface area (Å²) in [6.45, 7) is 1.88. The van der Waals surface area contributed by atoms with Crippen LogP contribution in [0.3, 0.4) is 0 Å². The standard InChI is InChI=1S/C17H15N3O2S/c1-11-7-3-4-8-12(11)15(21)18-17-20-19-16(22-17)13-9-5-6-10-14(13)23-2/h3-10H,1-2H3,(H,18,20,21). The van der Waals surface area contributed by atoms with Gasteiger partial charge in [-0.2, -0.15) is 0 Å². The molecule has 6 heteroatoms. The number of thioether (sulfide) groups is 1. The van der Waals surface area contributed by atoms with E-state index < -0.39 is 0 Å². The first-order chi connectivity index (χ1) is 11.2. The van der Waals surface area contributed by atoms with Crippen molar-refractivity contribution in [3.05, 3.63) is 59.7 Å². The molecular formula is C17H15N3O2S. The summed E-state index contributed by atoms with van der Waals surface area (Å²) in [5.74, 6) is 0.117. The number of hydrogen-bond acceptors (Lipinski definition) is 5. The third-order valence-electron chi connectivity index (χ3n) is 3.37. The van der Waals surface area contributed by atoms with Gasteiger partial charge in [-0.25, -0.2) is 0 Å². The molecule has 1 heterocycles. The van der Waals surface area contributed by atoms with Gasteiger partial charge in [-0.05, 0) is 36.9 Å². The Balaban J connectivity index is 1.83. The van der Waals surface area contributed by atoms with Crippen LogP contribution in [0.4, 0.5) is 6.01 Å². The highest BCUT2D eigenvalue weighted by molar-refractivity contribution is 7.98. The second-order valence-corrected chi connectivity index (χ2v) is 5.73. The van der Waals surface area contributed by atoms with E-state index >= 15 is 0 Å². The van der Waals surface area contributed by atoms with Crippen LogP contribution in [0.15, 0.2) is 57.8 Å². The van der Waals surface area contributed by atoms with Crippen LogP contribution < -0.4 is 5.32 Å². The lowest BCUT2D eigenvalue weighted by Gasteiger charge is -2.04. The average Bonchev–Trinajstić information content (AvgIpc) is 3.03. The molecule has 0 aliphatic carbocycles. The molecule has 3 aromatic rings. The van der Waals surface area contributed by atoms with E-state index in [1.54, 1.807) is 17.8 Å². The van der Waals surface area contributed by atoms with Crippen LogP contribution in [0.5, 0.6) is 0 Å². The van der Waals surface area contributed by atoms with Gasteiger partial charge in [0, 0.05) is 10.5 Å². The minimum absolute atomic E-state index is 0.0872. The molecule has 0 fully saturated rings. The monoisotopic (exact) mass is 325 g/mol. The van der Waals surface area contributed by atoms with E-state index in [0.29, 0.717) is 11.5 Å². The van der Waals surface area contributed by atoms with Crippen LogP contribution >= 0.6 is 11.8 Å². The Bertz CT molecular complexity index is 845. The van der Waals surface area contributed by atoms with E-state index in [0.717, 1.165) is 16.0 Å². The van der Waals surface area contributed by atoms with Crippen LogP contribution in [0, 0.1) is 6.92 Å². The average molecular weight is 325 g/mol. The summed E-state index contributed by atoms with van der Waals surface area (Å²) in [4.78, 5) is 13.3. The number of amides is 1. The maximum absolute atomic E-state index is 12.3. The number of nitrogens with zero attached hydrogens (tertiary/aromatic N) is 2. The Hall–Kier alpha value is -2.60. The summed E-state index contributed by atoms with van der Waals surface area (Å²) >= 11 is 1.60. The smallest absolute Gasteiger partial charge is 0.322 e. The number of aromatic nitrogens is 2. The van der Waals surface area contributed by atoms with Gasteiger partial charge in [0.25, 0.3) is 11.8 Å². The minimum Gasteiger partial charge on any atom is -0.403 e. The molecule has 0 aliphatic heterocycles. The van der Waals surface area contributed by atoms with Crippen molar-refractivity contribution < 1.29 is 9.21 Å². The molecule has 1 amide bonds. The number of anilines is 1. The number of carbonyl (C=O) groups is 1. The molecule has 0 atom stereocenters. The Morgan fingerprint density at radius 1 is 1.09 bits per heavy atom. The third kappa shape index (κ3) is 3.27. The van der Waals surface area contributed by atoms with Crippen LogP contribution in [-0.2, 0) is 0 Å². The Labute approximate surface area is 138 Å². The van der Waals surface area contributed by atoms with Gasteiger partial charge >= 0.3 is 6.01 Å². The van der Waals surface area contributed by atoms with Crippen molar-refractivity contribution >= 4 is 23.7 Å². The summed E-state index contributed by atoms with van der Waals surface area (Å²) in [6.07, 6.45) is 1.98. The molecule has 0 spiro atoms. The lowest BCUT2D eigenvalue weighted by Crippen LogP contribution is -2.13. The molecule has 5 nitrogen and oxygen atoms in total. The van der Waals surface area contributed by atoms with E-state index in [-0.39, 0.29) is 11.9 Å². The zero-order chi connectivity index (χ0) is 16.2. The Morgan fingerprint density at radius 3 is 2.61 bits per heavy atom. The van der Waals surface area contributed by atoms with Crippen LogP contribution in [0.25, 0.3) is 11.5 Å². The zero-order valence-corrected chi connectivity index (χ0v) is 13.6.